The van der Waals surface area contributed by atoms with Gasteiger partial charge in [-0.2, -0.15) is 5.10 Å². The molecule has 0 saturated carbocycles. The van der Waals surface area contributed by atoms with Gasteiger partial charge in [-0.05, 0) is 35.3 Å². The van der Waals surface area contributed by atoms with E-state index < -0.39 is 5.91 Å². The van der Waals surface area contributed by atoms with Crippen LogP contribution in [0.3, 0.4) is 0 Å². The number of nitrogens with one attached hydrogen (secondary N) is 1. The second-order valence-electron chi connectivity index (χ2n) is 5.42. The predicted octanol–water partition coefficient (Wildman–Crippen LogP) is 2.60. The molecule has 0 atom stereocenters. The van der Waals surface area contributed by atoms with Crippen LogP contribution in [0.15, 0.2) is 21.5 Å². The summed E-state index contributed by atoms with van der Waals surface area (Å²) in [5, 5.41) is 4.60. The normalized spacial score (nSPS) is 11.2. The maximum absolute atomic E-state index is 12.7. The van der Waals surface area contributed by atoms with Gasteiger partial charge in [0.2, 0.25) is 0 Å². The number of amides is 1. The van der Waals surface area contributed by atoms with Crippen molar-refractivity contribution in [3.05, 3.63) is 43.5 Å². The Morgan fingerprint density at radius 1 is 1.46 bits per heavy atom. The molecule has 24 heavy (non-hydrogen) atoms. The Balaban J connectivity index is 2.01. The van der Waals surface area contributed by atoms with Crippen LogP contribution in [0.2, 0.25) is 0 Å². The van der Waals surface area contributed by atoms with E-state index in [0.29, 0.717) is 20.5 Å². The predicted molar refractivity (Wildman–Crippen MR) is 97.2 cm³/mol. The van der Waals surface area contributed by atoms with Gasteiger partial charge in [0, 0.05) is 18.1 Å². The Bertz CT molecular complexity index is 988. The number of hydrogen-bond donors (Lipinski definition) is 1. The van der Waals surface area contributed by atoms with Crippen molar-refractivity contribution in [1.82, 2.24) is 19.4 Å². The van der Waals surface area contributed by atoms with Crippen molar-refractivity contribution in [2.45, 2.75) is 26.7 Å². The van der Waals surface area contributed by atoms with E-state index in [2.05, 4.69) is 38.4 Å². The van der Waals surface area contributed by atoms with Crippen molar-refractivity contribution in [3.63, 3.8) is 0 Å². The first-order chi connectivity index (χ1) is 11.4. The number of carbonyl (C=O) groups excluding carboxylic acids is 1. The Labute approximate surface area is 150 Å². The van der Waals surface area contributed by atoms with E-state index in [9.17, 15) is 9.59 Å². The molecular weight excluding hydrogens is 394 g/mol. The zero-order chi connectivity index (χ0) is 17.4. The Kier molecular flexibility index (Phi) is 4.55. The molecular formula is C15H16BrN5O2S. The van der Waals surface area contributed by atoms with Crippen LogP contribution in [-0.2, 0) is 13.5 Å². The number of aromatic nitrogens is 4. The van der Waals surface area contributed by atoms with E-state index >= 15 is 0 Å². The summed E-state index contributed by atoms with van der Waals surface area (Å²) in [7, 11) is 1.72. The van der Waals surface area contributed by atoms with Crippen molar-refractivity contribution in [2.24, 2.45) is 7.05 Å². The Morgan fingerprint density at radius 2 is 2.21 bits per heavy atom. The highest BCUT2D eigenvalue weighted by molar-refractivity contribution is 9.10. The van der Waals surface area contributed by atoms with Crippen LogP contribution in [0, 0.1) is 6.92 Å². The number of nitrogens with zero attached hydrogens (tertiary/aromatic N) is 4. The van der Waals surface area contributed by atoms with Crippen LogP contribution in [0.4, 0.5) is 0 Å². The summed E-state index contributed by atoms with van der Waals surface area (Å²) in [5.41, 5.74) is 2.51. The molecule has 0 fully saturated rings. The van der Waals surface area contributed by atoms with Crippen LogP contribution < -0.4 is 11.0 Å². The lowest BCUT2D eigenvalue weighted by Crippen LogP contribution is -2.35. The number of rotatable bonds is 4. The molecule has 0 radical (unpaired) electrons. The molecule has 3 aromatic rings. The standard InChI is InChI=1S/C15H16BrN5O2S/c1-4-5-9-6-10-14(24-9)17-8(2)21(15(10)23)19-13(22)12-11(16)7-20(3)18-12/h6-7H,4-5H2,1-3H3,(H,19,22). The highest BCUT2D eigenvalue weighted by Gasteiger charge is 2.18. The third-order valence-corrected chi connectivity index (χ3v) is 5.16. The third-order valence-electron chi connectivity index (χ3n) is 3.49. The number of hydrogen-bond acceptors (Lipinski definition) is 5. The van der Waals surface area contributed by atoms with Gasteiger partial charge in [-0.3, -0.25) is 19.7 Å². The topological polar surface area (TPSA) is 81.8 Å². The van der Waals surface area contributed by atoms with Crippen molar-refractivity contribution in [1.29, 1.82) is 0 Å². The minimum absolute atomic E-state index is 0.209. The second kappa shape index (κ2) is 6.48. The van der Waals surface area contributed by atoms with Crippen LogP contribution in [0.5, 0.6) is 0 Å². The number of fused-ring (bicyclic) bond motifs is 1. The summed E-state index contributed by atoms with van der Waals surface area (Å²) in [4.78, 5) is 31.4. The molecule has 126 valence electrons. The summed E-state index contributed by atoms with van der Waals surface area (Å²) < 4.78 is 3.25. The molecule has 3 aromatic heterocycles. The van der Waals surface area contributed by atoms with E-state index in [4.69, 9.17) is 0 Å². The monoisotopic (exact) mass is 409 g/mol. The van der Waals surface area contributed by atoms with Crippen molar-refractivity contribution in [3.8, 4) is 0 Å². The van der Waals surface area contributed by atoms with Crippen molar-refractivity contribution >= 4 is 43.4 Å². The van der Waals surface area contributed by atoms with Crippen molar-refractivity contribution < 1.29 is 4.79 Å². The molecule has 3 rings (SSSR count). The number of halogens is 1. The van der Waals surface area contributed by atoms with Gasteiger partial charge in [-0.15, -0.1) is 11.3 Å². The van der Waals surface area contributed by atoms with Gasteiger partial charge in [0.1, 0.15) is 10.7 Å². The first-order valence-electron chi connectivity index (χ1n) is 7.43. The molecule has 1 N–H and O–H groups in total. The third kappa shape index (κ3) is 3.01. The van der Waals surface area contributed by atoms with E-state index in [0.717, 1.165) is 17.7 Å². The summed E-state index contributed by atoms with van der Waals surface area (Å²) in [5.74, 6) is -0.0457. The quantitative estimate of drug-likeness (QED) is 0.717. The van der Waals surface area contributed by atoms with Crippen LogP contribution >= 0.6 is 27.3 Å². The minimum Gasteiger partial charge on any atom is -0.274 e. The first kappa shape index (κ1) is 16.8. The largest absolute Gasteiger partial charge is 0.291 e. The maximum Gasteiger partial charge on any atom is 0.291 e. The fraction of sp³-hybridized carbons (Fsp3) is 0.333. The second-order valence-corrected chi connectivity index (χ2v) is 7.39. The van der Waals surface area contributed by atoms with Gasteiger partial charge >= 0.3 is 0 Å². The smallest absolute Gasteiger partial charge is 0.274 e. The molecule has 0 unspecified atom stereocenters. The molecule has 3 heterocycles. The van der Waals surface area contributed by atoms with E-state index in [1.165, 1.54) is 20.7 Å². The molecule has 0 aromatic carbocycles. The SMILES string of the molecule is CCCc1cc2c(=O)n(NC(=O)c3nn(C)cc3Br)c(C)nc2s1. The maximum atomic E-state index is 12.7. The summed E-state index contributed by atoms with van der Waals surface area (Å²) in [6.07, 6.45) is 3.58. The zero-order valence-electron chi connectivity index (χ0n) is 13.5. The van der Waals surface area contributed by atoms with Gasteiger partial charge in [0.25, 0.3) is 11.5 Å². The molecule has 7 nitrogen and oxygen atoms in total. The average Bonchev–Trinajstić information content (AvgIpc) is 3.06. The lowest BCUT2D eigenvalue weighted by molar-refractivity contribution is 0.1000. The molecule has 0 spiro atoms. The molecule has 0 aliphatic carbocycles. The fourth-order valence-electron chi connectivity index (χ4n) is 2.40. The van der Waals surface area contributed by atoms with E-state index in [-0.39, 0.29) is 11.3 Å². The van der Waals surface area contributed by atoms with Gasteiger partial charge in [0.05, 0.1) is 9.86 Å². The molecule has 0 bridgehead atoms. The highest BCUT2D eigenvalue weighted by atomic mass is 79.9. The Hall–Kier alpha value is -2.00. The average molecular weight is 410 g/mol. The minimum atomic E-state index is -0.474. The van der Waals surface area contributed by atoms with Gasteiger partial charge < -0.3 is 0 Å². The Morgan fingerprint density at radius 3 is 2.83 bits per heavy atom. The van der Waals surface area contributed by atoms with Gasteiger partial charge in [-0.25, -0.2) is 9.66 Å². The molecule has 0 aliphatic heterocycles. The molecule has 1 amide bonds. The fourth-order valence-corrected chi connectivity index (χ4v) is 4.12. The first-order valence-corrected chi connectivity index (χ1v) is 9.04. The van der Waals surface area contributed by atoms with Crippen molar-refractivity contribution in [2.75, 3.05) is 5.43 Å². The van der Waals surface area contributed by atoms with E-state index in [1.807, 2.05) is 6.07 Å². The van der Waals surface area contributed by atoms with Gasteiger partial charge in [0.15, 0.2) is 5.69 Å². The molecule has 0 saturated heterocycles. The zero-order valence-corrected chi connectivity index (χ0v) is 15.9. The van der Waals surface area contributed by atoms with Crippen LogP contribution in [0.1, 0.15) is 34.5 Å². The lowest BCUT2D eigenvalue weighted by atomic mass is 10.2. The van der Waals surface area contributed by atoms with Crippen LogP contribution in [0.25, 0.3) is 10.2 Å². The van der Waals surface area contributed by atoms with Gasteiger partial charge in [-0.1, -0.05) is 13.3 Å². The number of aryl methyl sites for hydroxylation is 3. The number of thiophene rings is 1. The number of carbonyl (C=O) groups is 1. The summed E-state index contributed by atoms with van der Waals surface area (Å²) in [6, 6.07) is 1.86. The summed E-state index contributed by atoms with van der Waals surface area (Å²) >= 11 is 4.80. The van der Waals surface area contributed by atoms with E-state index in [1.54, 1.807) is 20.2 Å². The summed E-state index contributed by atoms with van der Waals surface area (Å²) in [6.45, 7) is 3.78. The molecule has 9 heteroatoms. The molecule has 0 aliphatic rings. The highest BCUT2D eigenvalue weighted by Crippen LogP contribution is 2.22. The van der Waals surface area contributed by atoms with Crippen LogP contribution in [-0.4, -0.2) is 25.3 Å². The lowest BCUT2D eigenvalue weighted by Gasteiger charge is -2.09.